The Morgan fingerprint density at radius 3 is 1.83 bits per heavy atom. The van der Waals surface area contributed by atoms with Crippen LogP contribution in [0.1, 0.15) is 72.1 Å². The summed E-state index contributed by atoms with van der Waals surface area (Å²) in [4.78, 5) is 0. The van der Waals surface area contributed by atoms with E-state index in [1.54, 1.807) is 11.1 Å². The summed E-state index contributed by atoms with van der Waals surface area (Å²) in [6.45, 7) is 8.10. The van der Waals surface area contributed by atoms with Crippen LogP contribution in [0, 0.1) is 11.8 Å². The maximum atomic E-state index is 5.98. The fourth-order valence-electron chi connectivity index (χ4n) is 4.79. The lowest BCUT2D eigenvalue weighted by molar-refractivity contribution is 0.0792. The molecule has 0 spiro atoms. The highest BCUT2D eigenvalue weighted by Crippen LogP contribution is 2.47. The van der Waals surface area contributed by atoms with E-state index in [4.69, 9.17) is 13.3 Å². The molecule has 0 aromatic carbocycles. The number of hydrogen-bond acceptors (Lipinski definition) is 3. The lowest BCUT2D eigenvalue weighted by Crippen LogP contribution is -2.49. The maximum absolute atomic E-state index is 5.98. The average Bonchev–Trinajstić information content (AvgIpc) is 3.37. The molecule has 0 radical (unpaired) electrons. The third-order valence-corrected chi connectivity index (χ3v) is 9.15. The smallest absolute Gasteiger partial charge is 0.370 e. The normalized spacial score (nSPS) is 27.5. The predicted molar refractivity (Wildman–Crippen MR) is 99.7 cm³/mol. The predicted octanol–water partition coefficient (Wildman–Crippen LogP) is 5.19. The van der Waals surface area contributed by atoms with E-state index in [1.807, 2.05) is 20.8 Å². The molecule has 4 rings (SSSR count). The number of rotatable bonds is 7. The van der Waals surface area contributed by atoms with E-state index >= 15 is 0 Å². The van der Waals surface area contributed by atoms with Gasteiger partial charge in [0.05, 0.1) is 0 Å². The van der Waals surface area contributed by atoms with E-state index in [1.165, 1.54) is 50.1 Å². The van der Waals surface area contributed by atoms with Crippen molar-refractivity contribution in [2.24, 2.45) is 11.8 Å². The van der Waals surface area contributed by atoms with E-state index in [9.17, 15) is 0 Å². The van der Waals surface area contributed by atoms with Crippen molar-refractivity contribution in [1.82, 2.24) is 0 Å². The molecule has 0 amide bonds. The summed E-state index contributed by atoms with van der Waals surface area (Å²) >= 11 is 0. The Kier molecular flexibility index (Phi) is 6.36. The van der Waals surface area contributed by atoms with Crippen LogP contribution < -0.4 is 0 Å². The number of allylic oxidation sites excluding steroid dienone is 4. The third-order valence-electron chi connectivity index (χ3n) is 5.85. The molecule has 4 bridgehead atoms. The van der Waals surface area contributed by atoms with Gasteiger partial charge in [-0.15, -0.1) is 0 Å². The first-order valence-electron chi connectivity index (χ1n) is 10.0. The van der Waals surface area contributed by atoms with Crippen LogP contribution in [0.2, 0.25) is 0 Å². The minimum Gasteiger partial charge on any atom is -0.370 e. The zero-order chi connectivity index (χ0) is 17.0. The highest BCUT2D eigenvalue weighted by Gasteiger charge is 2.50. The van der Waals surface area contributed by atoms with E-state index in [0.717, 1.165) is 18.3 Å². The Labute approximate surface area is 148 Å². The van der Waals surface area contributed by atoms with Crippen molar-refractivity contribution in [2.75, 3.05) is 19.8 Å². The van der Waals surface area contributed by atoms with Gasteiger partial charge in [0.25, 0.3) is 0 Å². The average molecular weight is 351 g/mol. The van der Waals surface area contributed by atoms with Gasteiger partial charge in [0.1, 0.15) is 0 Å². The Balaban J connectivity index is 0.000000198. The van der Waals surface area contributed by atoms with Gasteiger partial charge in [-0.05, 0) is 89.2 Å². The van der Waals surface area contributed by atoms with Crippen LogP contribution in [0.25, 0.3) is 0 Å². The molecule has 0 saturated heterocycles. The first kappa shape index (κ1) is 18.4. The highest BCUT2D eigenvalue weighted by molar-refractivity contribution is 6.69. The van der Waals surface area contributed by atoms with Crippen LogP contribution in [0.5, 0.6) is 0 Å². The van der Waals surface area contributed by atoms with Crippen molar-refractivity contribution in [3.05, 3.63) is 22.4 Å². The van der Waals surface area contributed by atoms with Crippen LogP contribution in [-0.4, -0.2) is 28.6 Å². The second kappa shape index (κ2) is 8.30. The largest absolute Gasteiger partial charge is 0.532 e. The SMILES string of the molecule is C1=C2CCC(C1)C2.CCO[Si](OCC)(OCC)C1=C2CCC(C2)C1. The molecular formula is C20H34O3Si. The van der Waals surface area contributed by atoms with Crippen molar-refractivity contribution in [3.63, 3.8) is 0 Å². The molecule has 4 aliphatic carbocycles. The molecule has 2 fully saturated rings. The van der Waals surface area contributed by atoms with Gasteiger partial charge in [0.15, 0.2) is 0 Å². The quantitative estimate of drug-likeness (QED) is 0.467. The summed E-state index contributed by atoms with van der Waals surface area (Å²) in [5.41, 5.74) is 3.32. The van der Waals surface area contributed by atoms with Crippen molar-refractivity contribution < 1.29 is 13.3 Å². The van der Waals surface area contributed by atoms with Crippen LogP contribution >= 0.6 is 0 Å². The number of hydrogen-bond donors (Lipinski definition) is 0. The minimum absolute atomic E-state index is 0.674. The van der Waals surface area contributed by atoms with Crippen LogP contribution in [0.4, 0.5) is 0 Å². The maximum Gasteiger partial charge on any atom is 0.532 e. The lowest BCUT2D eigenvalue weighted by Gasteiger charge is -2.31. The second-order valence-electron chi connectivity index (χ2n) is 7.46. The molecule has 0 heterocycles. The minimum atomic E-state index is -2.54. The van der Waals surface area contributed by atoms with Gasteiger partial charge in [-0.25, -0.2) is 0 Å². The van der Waals surface area contributed by atoms with Crippen LogP contribution in [0.3, 0.4) is 0 Å². The molecule has 0 aliphatic heterocycles. The van der Waals surface area contributed by atoms with Crippen molar-refractivity contribution >= 4 is 8.80 Å². The Morgan fingerprint density at radius 2 is 1.54 bits per heavy atom. The lowest BCUT2D eigenvalue weighted by atomic mass is 10.1. The fourth-order valence-corrected chi connectivity index (χ4v) is 7.91. The summed E-state index contributed by atoms with van der Waals surface area (Å²) in [5.74, 6) is 1.92. The van der Waals surface area contributed by atoms with Crippen molar-refractivity contribution in [2.45, 2.75) is 72.1 Å². The number of fused-ring (bicyclic) bond motifs is 4. The molecule has 24 heavy (non-hydrogen) atoms. The van der Waals surface area contributed by atoms with Crippen LogP contribution in [-0.2, 0) is 13.3 Å². The van der Waals surface area contributed by atoms with Gasteiger partial charge in [-0.3, -0.25) is 0 Å². The van der Waals surface area contributed by atoms with Crippen LogP contribution in [0.15, 0.2) is 22.4 Å². The third kappa shape index (κ3) is 3.87. The molecule has 2 unspecified atom stereocenters. The molecule has 136 valence electrons. The molecule has 0 N–H and O–H groups in total. The Bertz CT molecular complexity index is 480. The van der Waals surface area contributed by atoms with Crippen molar-refractivity contribution in [3.8, 4) is 0 Å². The van der Waals surface area contributed by atoms with Gasteiger partial charge >= 0.3 is 8.80 Å². The summed E-state index contributed by atoms with van der Waals surface area (Å²) < 4.78 is 18.0. The second-order valence-corrected chi connectivity index (χ2v) is 10.0. The zero-order valence-corrected chi connectivity index (χ0v) is 16.7. The van der Waals surface area contributed by atoms with E-state index in [2.05, 4.69) is 6.08 Å². The first-order valence-corrected chi connectivity index (χ1v) is 11.7. The molecule has 0 aromatic rings. The summed E-state index contributed by atoms with van der Waals surface area (Å²) in [6.07, 6.45) is 13.2. The summed E-state index contributed by atoms with van der Waals surface area (Å²) in [6, 6.07) is 0. The standard InChI is InChI=1S/C13H24O3Si.C7H10/c1-4-14-17(15-5-2,16-6-3)13-10-11-7-8-12(13)9-11;1-2-7-4-3-6(1)5-7/h11H,4-10H2,1-3H3;1,7H,2-5H2. The fraction of sp³-hybridized carbons (Fsp3) is 0.800. The molecule has 0 aromatic heterocycles. The molecule has 2 saturated carbocycles. The van der Waals surface area contributed by atoms with Gasteiger partial charge in [0.2, 0.25) is 0 Å². The monoisotopic (exact) mass is 350 g/mol. The van der Waals surface area contributed by atoms with E-state index in [-0.39, 0.29) is 0 Å². The molecule has 4 heteroatoms. The topological polar surface area (TPSA) is 27.7 Å². The zero-order valence-electron chi connectivity index (χ0n) is 15.7. The summed E-state index contributed by atoms with van der Waals surface area (Å²) in [5, 5.41) is 1.42. The molecule has 4 aliphatic rings. The van der Waals surface area contributed by atoms with Crippen molar-refractivity contribution in [1.29, 1.82) is 0 Å². The summed E-state index contributed by atoms with van der Waals surface area (Å²) in [7, 11) is -2.54. The van der Waals surface area contributed by atoms with Gasteiger partial charge in [-0.1, -0.05) is 17.2 Å². The first-order chi connectivity index (χ1) is 11.7. The Morgan fingerprint density at radius 1 is 0.875 bits per heavy atom. The molecule has 2 atom stereocenters. The van der Waals surface area contributed by atoms with Gasteiger partial charge in [-0.2, -0.15) is 0 Å². The highest BCUT2D eigenvalue weighted by atomic mass is 28.4. The Hall–Kier alpha value is -0.423. The molecule has 3 nitrogen and oxygen atoms in total. The van der Waals surface area contributed by atoms with Gasteiger partial charge < -0.3 is 13.3 Å². The van der Waals surface area contributed by atoms with E-state index < -0.39 is 8.80 Å². The van der Waals surface area contributed by atoms with Gasteiger partial charge in [0, 0.05) is 19.8 Å². The van der Waals surface area contributed by atoms with E-state index in [0.29, 0.717) is 19.8 Å². The molecular weight excluding hydrogens is 316 g/mol.